The Kier molecular flexibility index (Phi) is 4.15. The summed E-state index contributed by atoms with van der Waals surface area (Å²) in [5.41, 5.74) is 5.57. The Bertz CT molecular complexity index is 700. The zero-order valence-corrected chi connectivity index (χ0v) is 10.9. The molecule has 0 radical (unpaired) electrons. The number of nitrogens with two attached hydrogens (primary N) is 1. The number of benzene rings is 2. The number of nitro groups is 1. The number of aliphatic hydroxyl groups excluding tert-OH is 1. The third kappa shape index (κ3) is 3.34. The van der Waals surface area contributed by atoms with Crippen LogP contribution in [0.2, 0.25) is 0 Å². The van der Waals surface area contributed by atoms with E-state index in [1.54, 1.807) is 24.3 Å². The number of nitro benzene ring substituents is 1. The highest BCUT2D eigenvalue weighted by atomic mass is 16.6. The van der Waals surface area contributed by atoms with E-state index in [2.05, 4.69) is 0 Å². The molecule has 108 valence electrons. The van der Waals surface area contributed by atoms with Crippen LogP contribution in [0.25, 0.3) is 0 Å². The smallest absolute Gasteiger partial charge is 0.311 e. The molecule has 2 rings (SSSR count). The Balaban J connectivity index is 2.42. The van der Waals surface area contributed by atoms with E-state index in [-0.39, 0.29) is 23.6 Å². The Labute approximate surface area is 119 Å². The largest absolute Gasteiger partial charge is 0.450 e. The first-order valence-electron chi connectivity index (χ1n) is 5.97. The zero-order valence-electron chi connectivity index (χ0n) is 10.9. The quantitative estimate of drug-likeness (QED) is 0.644. The van der Waals surface area contributed by atoms with Gasteiger partial charge in [0.2, 0.25) is 11.7 Å². The molecule has 0 unspecified atom stereocenters. The van der Waals surface area contributed by atoms with Crippen molar-refractivity contribution in [2.24, 2.45) is 5.73 Å². The number of primary amides is 1. The molecular weight excluding hydrogens is 276 g/mol. The molecule has 0 atom stereocenters. The van der Waals surface area contributed by atoms with Gasteiger partial charge in [-0.1, -0.05) is 12.1 Å². The third-order valence-corrected chi connectivity index (χ3v) is 2.75. The van der Waals surface area contributed by atoms with Crippen LogP contribution in [0.1, 0.15) is 15.9 Å². The number of carbonyl (C=O) groups is 1. The van der Waals surface area contributed by atoms with Crippen molar-refractivity contribution in [1.29, 1.82) is 0 Å². The number of hydrogen-bond donors (Lipinski definition) is 2. The first kappa shape index (κ1) is 14.5. The van der Waals surface area contributed by atoms with Gasteiger partial charge < -0.3 is 15.6 Å². The van der Waals surface area contributed by atoms with Gasteiger partial charge in [-0.05, 0) is 23.8 Å². The fourth-order valence-electron chi connectivity index (χ4n) is 1.73. The van der Waals surface area contributed by atoms with Crippen molar-refractivity contribution in [1.82, 2.24) is 0 Å². The van der Waals surface area contributed by atoms with E-state index < -0.39 is 10.8 Å². The summed E-state index contributed by atoms with van der Waals surface area (Å²) in [6, 6.07) is 10.1. The molecule has 2 aromatic rings. The number of rotatable bonds is 5. The van der Waals surface area contributed by atoms with Crippen molar-refractivity contribution in [3.05, 3.63) is 63.7 Å². The molecule has 0 bridgehead atoms. The number of hydrogen-bond acceptors (Lipinski definition) is 5. The topological polar surface area (TPSA) is 116 Å². The van der Waals surface area contributed by atoms with Crippen LogP contribution in [0.5, 0.6) is 11.5 Å². The molecule has 0 saturated heterocycles. The maximum absolute atomic E-state index is 11.2. The second-order valence-corrected chi connectivity index (χ2v) is 4.21. The van der Waals surface area contributed by atoms with Gasteiger partial charge in [-0.3, -0.25) is 14.9 Å². The zero-order chi connectivity index (χ0) is 15.4. The Morgan fingerprint density at radius 2 is 2.05 bits per heavy atom. The summed E-state index contributed by atoms with van der Waals surface area (Å²) >= 11 is 0. The van der Waals surface area contributed by atoms with Gasteiger partial charge in [-0.2, -0.15) is 0 Å². The molecule has 0 heterocycles. The van der Waals surface area contributed by atoms with Gasteiger partial charge >= 0.3 is 5.69 Å². The van der Waals surface area contributed by atoms with E-state index in [4.69, 9.17) is 15.6 Å². The normalized spacial score (nSPS) is 10.1. The van der Waals surface area contributed by atoms with Crippen LogP contribution in [0.3, 0.4) is 0 Å². The maximum atomic E-state index is 11.2. The average Bonchev–Trinajstić information content (AvgIpc) is 2.47. The van der Waals surface area contributed by atoms with Gasteiger partial charge in [0, 0.05) is 17.7 Å². The summed E-state index contributed by atoms with van der Waals surface area (Å²) in [7, 11) is 0. The fourth-order valence-corrected chi connectivity index (χ4v) is 1.73. The van der Waals surface area contributed by atoms with E-state index in [1.165, 1.54) is 12.1 Å². The lowest BCUT2D eigenvalue weighted by molar-refractivity contribution is -0.385. The minimum absolute atomic E-state index is 0.0913. The number of ether oxygens (including phenoxy) is 1. The summed E-state index contributed by atoms with van der Waals surface area (Å²) in [6.07, 6.45) is 0. The SMILES string of the molecule is NC(=O)c1ccc([N+](=O)[O-])c(Oc2cccc(CO)c2)c1. The van der Waals surface area contributed by atoms with Gasteiger partial charge in [0.15, 0.2) is 0 Å². The van der Waals surface area contributed by atoms with Crippen molar-refractivity contribution in [3.63, 3.8) is 0 Å². The monoisotopic (exact) mass is 288 g/mol. The van der Waals surface area contributed by atoms with Crippen LogP contribution in [0.4, 0.5) is 5.69 Å². The molecule has 0 fully saturated rings. The summed E-state index contributed by atoms with van der Waals surface area (Å²) in [4.78, 5) is 21.5. The molecule has 0 aliphatic rings. The maximum Gasteiger partial charge on any atom is 0.311 e. The highest BCUT2D eigenvalue weighted by Crippen LogP contribution is 2.32. The van der Waals surface area contributed by atoms with Crippen LogP contribution in [0, 0.1) is 10.1 Å². The predicted octanol–water partition coefficient (Wildman–Crippen LogP) is 1.98. The van der Waals surface area contributed by atoms with Crippen molar-refractivity contribution in [3.8, 4) is 11.5 Å². The van der Waals surface area contributed by atoms with Gasteiger partial charge in [0.25, 0.3) is 0 Å². The molecule has 0 spiro atoms. The van der Waals surface area contributed by atoms with E-state index in [1.807, 2.05) is 0 Å². The molecule has 0 saturated carbocycles. The Hall–Kier alpha value is -2.93. The highest BCUT2D eigenvalue weighted by Gasteiger charge is 2.18. The Morgan fingerprint density at radius 1 is 1.29 bits per heavy atom. The molecular formula is C14H12N2O5. The van der Waals surface area contributed by atoms with Crippen molar-refractivity contribution in [2.75, 3.05) is 0 Å². The highest BCUT2D eigenvalue weighted by molar-refractivity contribution is 5.93. The first-order chi connectivity index (χ1) is 10.0. The average molecular weight is 288 g/mol. The van der Waals surface area contributed by atoms with E-state index in [0.717, 1.165) is 6.07 Å². The number of carbonyl (C=O) groups excluding carboxylic acids is 1. The molecule has 0 aliphatic carbocycles. The van der Waals surface area contributed by atoms with E-state index in [9.17, 15) is 14.9 Å². The standard InChI is InChI=1S/C14H12N2O5/c15-14(18)10-4-5-12(16(19)20)13(7-10)21-11-3-1-2-9(6-11)8-17/h1-7,17H,8H2,(H2,15,18). The lowest BCUT2D eigenvalue weighted by Crippen LogP contribution is -2.11. The summed E-state index contributed by atoms with van der Waals surface area (Å²) in [5, 5.41) is 20.0. The van der Waals surface area contributed by atoms with Crippen LogP contribution >= 0.6 is 0 Å². The van der Waals surface area contributed by atoms with Crippen LogP contribution in [0.15, 0.2) is 42.5 Å². The van der Waals surface area contributed by atoms with Crippen LogP contribution in [-0.2, 0) is 6.61 Å². The fraction of sp³-hybridized carbons (Fsp3) is 0.0714. The summed E-state index contributed by atoms with van der Waals surface area (Å²) in [5.74, 6) is -0.489. The van der Waals surface area contributed by atoms with Crippen molar-refractivity contribution < 1.29 is 19.6 Å². The van der Waals surface area contributed by atoms with Crippen LogP contribution < -0.4 is 10.5 Å². The third-order valence-electron chi connectivity index (χ3n) is 2.75. The molecule has 3 N–H and O–H groups in total. The molecule has 2 aromatic carbocycles. The predicted molar refractivity (Wildman–Crippen MR) is 74.1 cm³/mol. The minimum Gasteiger partial charge on any atom is -0.450 e. The second kappa shape index (κ2) is 6.02. The number of amides is 1. The van der Waals surface area contributed by atoms with Gasteiger partial charge in [-0.15, -0.1) is 0 Å². The molecule has 1 amide bonds. The molecule has 7 heteroatoms. The molecule has 0 aliphatic heterocycles. The molecule has 0 aromatic heterocycles. The van der Waals surface area contributed by atoms with Crippen molar-refractivity contribution in [2.45, 2.75) is 6.61 Å². The lowest BCUT2D eigenvalue weighted by atomic mass is 10.2. The molecule has 7 nitrogen and oxygen atoms in total. The van der Waals surface area contributed by atoms with Gasteiger partial charge in [-0.25, -0.2) is 0 Å². The first-order valence-corrected chi connectivity index (χ1v) is 5.97. The van der Waals surface area contributed by atoms with Crippen molar-refractivity contribution >= 4 is 11.6 Å². The second-order valence-electron chi connectivity index (χ2n) is 4.21. The Morgan fingerprint density at radius 3 is 2.67 bits per heavy atom. The number of aliphatic hydroxyl groups is 1. The van der Waals surface area contributed by atoms with Crippen LogP contribution in [-0.4, -0.2) is 15.9 Å². The summed E-state index contributed by atoms with van der Waals surface area (Å²) < 4.78 is 5.44. The van der Waals surface area contributed by atoms with Gasteiger partial charge in [0.05, 0.1) is 11.5 Å². The summed E-state index contributed by atoms with van der Waals surface area (Å²) in [6.45, 7) is -0.180. The van der Waals surface area contributed by atoms with Gasteiger partial charge in [0.1, 0.15) is 5.75 Å². The number of nitrogens with zero attached hydrogens (tertiary/aromatic N) is 1. The van der Waals surface area contributed by atoms with E-state index >= 15 is 0 Å². The van der Waals surface area contributed by atoms with E-state index in [0.29, 0.717) is 11.3 Å². The molecule has 21 heavy (non-hydrogen) atoms. The minimum atomic E-state index is -0.709. The lowest BCUT2D eigenvalue weighted by Gasteiger charge is -2.08.